The van der Waals surface area contributed by atoms with Gasteiger partial charge in [-0.3, -0.25) is 4.79 Å². The minimum atomic E-state index is 0.0553. The highest BCUT2D eigenvalue weighted by Crippen LogP contribution is 2.35. The van der Waals surface area contributed by atoms with E-state index in [0.717, 1.165) is 45.2 Å². The molecular weight excluding hydrogens is 420 g/mol. The van der Waals surface area contributed by atoms with Gasteiger partial charge in [0.25, 0.3) is 5.91 Å². The number of aliphatic hydroxyl groups excluding tert-OH is 1. The van der Waals surface area contributed by atoms with Crippen molar-refractivity contribution in [1.29, 1.82) is 0 Å². The van der Waals surface area contributed by atoms with Gasteiger partial charge in [0.2, 0.25) is 0 Å². The fourth-order valence-electron chi connectivity index (χ4n) is 4.64. The second kappa shape index (κ2) is 12.2. The quantitative estimate of drug-likeness (QED) is 0.481. The summed E-state index contributed by atoms with van der Waals surface area (Å²) in [5.74, 6) is 0.600. The fraction of sp³-hybridized carbons (Fsp3) is 0.444. The fourth-order valence-corrected chi connectivity index (χ4v) is 4.77. The van der Waals surface area contributed by atoms with E-state index in [1.54, 1.807) is 24.3 Å². The Morgan fingerprint density at radius 3 is 2.34 bits per heavy atom. The van der Waals surface area contributed by atoms with Gasteiger partial charge in [-0.05, 0) is 80.5 Å². The maximum atomic E-state index is 13.1. The lowest BCUT2D eigenvalue weighted by Gasteiger charge is -2.37. The van der Waals surface area contributed by atoms with Gasteiger partial charge in [0.15, 0.2) is 0 Å². The molecule has 1 aliphatic rings. The van der Waals surface area contributed by atoms with Gasteiger partial charge in [-0.2, -0.15) is 0 Å². The first-order valence-electron chi connectivity index (χ1n) is 11.6. The normalized spacial score (nSPS) is 18.5. The van der Waals surface area contributed by atoms with Gasteiger partial charge in [-0.25, -0.2) is 0 Å². The van der Waals surface area contributed by atoms with Gasteiger partial charge in [0.1, 0.15) is 0 Å². The van der Waals surface area contributed by atoms with E-state index < -0.39 is 0 Å². The molecule has 0 aromatic heterocycles. The number of aliphatic hydroxyl groups is 1. The third-order valence-corrected chi connectivity index (χ3v) is 6.67. The van der Waals surface area contributed by atoms with Gasteiger partial charge in [0.05, 0.1) is 0 Å². The summed E-state index contributed by atoms with van der Waals surface area (Å²) in [7, 11) is 2.09. The summed E-state index contributed by atoms with van der Waals surface area (Å²) in [6, 6.07) is 16.4. The molecule has 1 saturated carbocycles. The molecule has 32 heavy (non-hydrogen) atoms. The molecule has 0 radical (unpaired) electrons. The Hall–Kier alpha value is -2.14. The number of rotatable bonds is 10. The molecule has 1 aliphatic carbocycles. The lowest BCUT2D eigenvalue weighted by molar-refractivity contribution is 0.0655. The molecule has 1 fully saturated rings. The molecule has 0 unspecified atom stereocenters. The van der Waals surface area contributed by atoms with Crippen LogP contribution < -0.4 is 0 Å². The van der Waals surface area contributed by atoms with Crippen molar-refractivity contribution < 1.29 is 9.90 Å². The Balaban J connectivity index is 1.57. The number of carbonyl (C=O) groups is 1. The maximum absolute atomic E-state index is 13.1. The number of carbonyl (C=O) groups excluding carboxylic acids is 1. The summed E-state index contributed by atoms with van der Waals surface area (Å²) in [5, 5.41) is 9.62. The summed E-state index contributed by atoms with van der Waals surface area (Å²) in [4.78, 5) is 17.3. The van der Waals surface area contributed by atoms with Gasteiger partial charge in [-0.1, -0.05) is 41.9 Å². The predicted molar refractivity (Wildman–Crippen MR) is 132 cm³/mol. The molecule has 0 bridgehead atoms. The molecule has 3 rings (SSSR count). The predicted octanol–water partition coefficient (Wildman–Crippen LogP) is 5.51. The molecule has 0 aliphatic heterocycles. The van der Waals surface area contributed by atoms with Crippen molar-refractivity contribution in [3.05, 3.63) is 82.9 Å². The zero-order valence-corrected chi connectivity index (χ0v) is 19.8. The van der Waals surface area contributed by atoms with E-state index in [9.17, 15) is 4.79 Å². The second-order valence-corrected chi connectivity index (χ2v) is 9.25. The molecule has 0 spiro atoms. The molecule has 0 saturated heterocycles. The zero-order chi connectivity index (χ0) is 22.9. The molecule has 1 amide bonds. The summed E-state index contributed by atoms with van der Waals surface area (Å²) in [5.41, 5.74) is 3.37. The Bertz CT molecular complexity index is 858. The number of benzene rings is 2. The van der Waals surface area contributed by atoms with Crippen LogP contribution in [0, 0.1) is 0 Å². The number of nitrogens with zero attached hydrogens (tertiary/aromatic N) is 2. The summed E-state index contributed by atoms with van der Waals surface area (Å²) >= 11 is 5.98. The SMILES string of the molecule is C=CCN(C(=O)c1ccc(Cl)cc1)C1CCC(c2ccc(CN(C)CCCO)cc2)CC1. The molecule has 2 aromatic carbocycles. The van der Waals surface area contributed by atoms with Crippen LogP contribution >= 0.6 is 11.6 Å². The van der Waals surface area contributed by atoms with E-state index in [4.69, 9.17) is 16.7 Å². The first-order valence-corrected chi connectivity index (χ1v) is 11.9. The smallest absolute Gasteiger partial charge is 0.254 e. The Labute approximate surface area is 197 Å². The van der Waals surface area contributed by atoms with E-state index in [1.165, 1.54) is 11.1 Å². The molecule has 2 aromatic rings. The summed E-state index contributed by atoms with van der Waals surface area (Å²) < 4.78 is 0. The van der Waals surface area contributed by atoms with Gasteiger partial charge in [0, 0.05) is 42.9 Å². The molecule has 1 N–H and O–H groups in total. The summed E-state index contributed by atoms with van der Waals surface area (Å²) in [6.45, 7) is 6.46. The molecule has 0 atom stereocenters. The lowest BCUT2D eigenvalue weighted by Crippen LogP contribution is -2.42. The average Bonchev–Trinajstić information content (AvgIpc) is 2.82. The number of hydrogen-bond acceptors (Lipinski definition) is 3. The van der Waals surface area contributed by atoms with Crippen LogP contribution in [0.1, 0.15) is 59.5 Å². The van der Waals surface area contributed by atoms with E-state index in [0.29, 0.717) is 23.0 Å². The van der Waals surface area contributed by atoms with Gasteiger partial charge < -0.3 is 14.9 Å². The monoisotopic (exact) mass is 454 g/mol. The Morgan fingerprint density at radius 1 is 1.09 bits per heavy atom. The molecule has 5 heteroatoms. The minimum absolute atomic E-state index is 0.0553. The highest BCUT2D eigenvalue weighted by atomic mass is 35.5. The lowest BCUT2D eigenvalue weighted by atomic mass is 9.81. The third-order valence-electron chi connectivity index (χ3n) is 6.42. The molecule has 172 valence electrons. The topological polar surface area (TPSA) is 43.8 Å². The van der Waals surface area contributed by atoms with Crippen LogP contribution in [0.5, 0.6) is 0 Å². The number of hydrogen-bond donors (Lipinski definition) is 1. The highest BCUT2D eigenvalue weighted by molar-refractivity contribution is 6.30. The molecular formula is C27H35ClN2O2. The van der Waals surface area contributed by atoms with E-state index in [2.05, 4.69) is 42.8 Å². The standard InChI is InChI=1S/C27H35ClN2O2/c1-3-17-30(27(32)24-9-13-25(28)14-10-24)26-15-11-23(12-16-26)22-7-5-21(6-8-22)20-29(2)18-4-19-31/h3,5-10,13-14,23,26,31H,1,4,11-12,15-20H2,2H3. The van der Waals surface area contributed by atoms with E-state index in [1.807, 2.05) is 11.0 Å². The van der Waals surface area contributed by atoms with Gasteiger partial charge in [-0.15, -0.1) is 6.58 Å². The van der Waals surface area contributed by atoms with Crippen molar-refractivity contribution in [1.82, 2.24) is 9.80 Å². The van der Waals surface area contributed by atoms with Crippen LogP contribution in [-0.4, -0.2) is 53.6 Å². The minimum Gasteiger partial charge on any atom is -0.396 e. The van der Waals surface area contributed by atoms with E-state index in [-0.39, 0.29) is 18.6 Å². The highest BCUT2D eigenvalue weighted by Gasteiger charge is 2.29. The van der Waals surface area contributed by atoms with Crippen LogP contribution in [0.15, 0.2) is 61.2 Å². The molecule has 0 heterocycles. The van der Waals surface area contributed by atoms with Crippen molar-refractivity contribution in [2.45, 2.75) is 50.6 Å². The largest absolute Gasteiger partial charge is 0.396 e. The zero-order valence-electron chi connectivity index (χ0n) is 19.0. The van der Waals surface area contributed by atoms with Gasteiger partial charge >= 0.3 is 0 Å². The van der Waals surface area contributed by atoms with Crippen molar-refractivity contribution in [2.24, 2.45) is 0 Å². The first-order chi connectivity index (χ1) is 15.5. The first kappa shape index (κ1) is 24.5. The maximum Gasteiger partial charge on any atom is 0.254 e. The Morgan fingerprint density at radius 2 is 1.75 bits per heavy atom. The van der Waals surface area contributed by atoms with Crippen LogP contribution in [0.25, 0.3) is 0 Å². The van der Waals surface area contributed by atoms with Crippen molar-refractivity contribution in [2.75, 3.05) is 26.7 Å². The van der Waals surface area contributed by atoms with Crippen molar-refractivity contribution >= 4 is 17.5 Å². The molecule has 4 nitrogen and oxygen atoms in total. The van der Waals surface area contributed by atoms with Crippen LogP contribution in [0.2, 0.25) is 5.02 Å². The number of amides is 1. The second-order valence-electron chi connectivity index (χ2n) is 8.82. The summed E-state index contributed by atoms with van der Waals surface area (Å²) in [6.07, 6.45) is 6.80. The van der Waals surface area contributed by atoms with Crippen LogP contribution in [-0.2, 0) is 6.54 Å². The average molecular weight is 455 g/mol. The van der Waals surface area contributed by atoms with E-state index >= 15 is 0 Å². The van der Waals surface area contributed by atoms with Crippen molar-refractivity contribution in [3.8, 4) is 0 Å². The third kappa shape index (κ3) is 6.68. The van der Waals surface area contributed by atoms with Crippen molar-refractivity contribution in [3.63, 3.8) is 0 Å². The Kier molecular flexibility index (Phi) is 9.34. The van der Waals surface area contributed by atoms with Crippen LogP contribution in [0.3, 0.4) is 0 Å². The number of halogens is 1. The van der Waals surface area contributed by atoms with Crippen LogP contribution in [0.4, 0.5) is 0 Å².